The number of nitriles is 1. The number of hydrogen-bond acceptors (Lipinski definition) is 6. The van der Waals surface area contributed by atoms with E-state index in [2.05, 4.69) is 52.7 Å². The molecule has 0 aliphatic carbocycles. The van der Waals surface area contributed by atoms with Crippen LogP contribution in [0.4, 0.5) is 0 Å². The first-order chi connectivity index (χ1) is 18.1. The molecule has 1 saturated heterocycles. The summed E-state index contributed by atoms with van der Waals surface area (Å²) in [6.45, 7) is 1.23. The van der Waals surface area contributed by atoms with Crippen molar-refractivity contribution < 1.29 is 9.53 Å². The summed E-state index contributed by atoms with van der Waals surface area (Å²) in [7, 11) is 0. The predicted octanol–water partition coefficient (Wildman–Crippen LogP) is 5.37. The van der Waals surface area contributed by atoms with Gasteiger partial charge < -0.3 is 10.5 Å². The van der Waals surface area contributed by atoms with Gasteiger partial charge in [-0.2, -0.15) is 5.26 Å². The number of fused-ring (bicyclic) bond motifs is 3. The number of hydrogen-bond donors (Lipinski definition) is 1. The molecule has 5 aromatic rings. The molecular weight excluding hydrogens is 482 g/mol. The summed E-state index contributed by atoms with van der Waals surface area (Å²) in [6, 6.07) is 28.3. The summed E-state index contributed by atoms with van der Waals surface area (Å²) in [5.41, 5.74) is 8.99. The quantitative estimate of drug-likeness (QED) is 0.344. The Kier molecular flexibility index (Phi) is 5.87. The molecule has 0 radical (unpaired) electrons. The van der Waals surface area contributed by atoms with E-state index in [9.17, 15) is 10.1 Å². The Morgan fingerprint density at radius 1 is 0.973 bits per heavy atom. The van der Waals surface area contributed by atoms with Gasteiger partial charge in [0.2, 0.25) is 5.91 Å². The summed E-state index contributed by atoms with van der Waals surface area (Å²) in [5, 5.41) is 19.8. The Morgan fingerprint density at radius 3 is 2.51 bits per heavy atom. The Bertz CT molecular complexity index is 1680. The Hall–Kier alpha value is -4.19. The predicted molar refractivity (Wildman–Crippen MR) is 142 cm³/mol. The van der Waals surface area contributed by atoms with Gasteiger partial charge in [0, 0.05) is 34.1 Å². The van der Waals surface area contributed by atoms with Gasteiger partial charge in [0.25, 0.3) is 0 Å². The first-order valence-corrected chi connectivity index (χ1v) is 12.8. The van der Waals surface area contributed by atoms with E-state index >= 15 is 0 Å². The van der Waals surface area contributed by atoms with Crippen LogP contribution in [0, 0.1) is 11.3 Å². The average molecular weight is 506 g/mol. The van der Waals surface area contributed by atoms with E-state index in [4.69, 9.17) is 10.5 Å². The van der Waals surface area contributed by atoms with Crippen LogP contribution in [0.15, 0.2) is 88.7 Å². The minimum absolute atomic E-state index is 0.450. The molecule has 1 aliphatic rings. The second kappa shape index (κ2) is 9.36. The highest BCUT2D eigenvalue weighted by molar-refractivity contribution is 7.99. The third kappa shape index (κ3) is 4.22. The van der Waals surface area contributed by atoms with Crippen molar-refractivity contribution in [2.75, 3.05) is 13.2 Å². The van der Waals surface area contributed by atoms with Crippen molar-refractivity contribution in [3.63, 3.8) is 0 Å². The normalized spacial score (nSPS) is 15.0. The molecule has 3 aromatic carbocycles. The number of carbonyl (C=O) groups excluding carboxylic acids is 1. The number of rotatable bonds is 5. The van der Waals surface area contributed by atoms with Crippen LogP contribution in [-0.2, 0) is 10.2 Å². The molecule has 0 bridgehead atoms. The number of amides is 1. The van der Waals surface area contributed by atoms with Crippen LogP contribution in [0.1, 0.15) is 28.8 Å². The molecular formula is C29H23N5O2S. The average Bonchev–Trinajstić information content (AvgIpc) is 3.38. The van der Waals surface area contributed by atoms with E-state index in [-0.39, 0.29) is 0 Å². The monoisotopic (exact) mass is 505 g/mol. The van der Waals surface area contributed by atoms with Crippen molar-refractivity contribution in [1.82, 2.24) is 14.6 Å². The van der Waals surface area contributed by atoms with Gasteiger partial charge in [-0.3, -0.25) is 9.20 Å². The molecule has 3 heterocycles. The van der Waals surface area contributed by atoms with Crippen molar-refractivity contribution in [3.05, 3.63) is 90.0 Å². The maximum Gasteiger partial charge on any atom is 0.248 e. The van der Waals surface area contributed by atoms with Gasteiger partial charge in [-0.1, -0.05) is 36.0 Å². The van der Waals surface area contributed by atoms with E-state index < -0.39 is 11.3 Å². The summed E-state index contributed by atoms with van der Waals surface area (Å²) in [4.78, 5) is 13.6. The molecule has 1 amide bonds. The Labute approximate surface area is 217 Å². The van der Waals surface area contributed by atoms with Crippen molar-refractivity contribution in [2.24, 2.45) is 5.73 Å². The van der Waals surface area contributed by atoms with Gasteiger partial charge in [-0.25, -0.2) is 0 Å². The van der Waals surface area contributed by atoms with E-state index in [1.165, 1.54) is 0 Å². The minimum Gasteiger partial charge on any atom is -0.381 e. The number of nitrogens with zero attached hydrogens (tertiary/aromatic N) is 4. The molecule has 1 fully saturated rings. The van der Waals surface area contributed by atoms with E-state index in [0.717, 1.165) is 50.3 Å². The largest absolute Gasteiger partial charge is 0.381 e. The zero-order chi connectivity index (χ0) is 25.4. The molecule has 2 aromatic heterocycles. The number of carbonyl (C=O) groups is 1. The SMILES string of the molecule is N#CC1(c2cccc(Sc3ccc4c(ccc5nnc(-c6ccc(C(N)=O)cc6)n54)c3)c2)CCOCC1. The third-order valence-corrected chi connectivity index (χ3v) is 7.93. The van der Waals surface area contributed by atoms with Crippen LogP contribution < -0.4 is 5.73 Å². The molecule has 8 heteroatoms. The lowest BCUT2D eigenvalue weighted by atomic mass is 9.75. The highest BCUT2D eigenvalue weighted by Gasteiger charge is 2.34. The number of nitrogens with two attached hydrogens (primary N) is 1. The fraction of sp³-hybridized carbons (Fsp3) is 0.172. The van der Waals surface area contributed by atoms with E-state index in [1.54, 1.807) is 23.9 Å². The van der Waals surface area contributed by atoms with Crippen LogP contribution >= 0.6 is 11.8 Å². The highest BCUT2D eigenvalue weighted by atomic mass is 32.2. The standard InChI is InChI=1S/C29H23N5O2S/c30-18-29(12-14-36-15-13-29)22-2-1-3-23(17-22)37-24-9-10-25-21(16-24)8-11-26-32-33-28(34(25)26)20-6-4-19(5-7-20)27(31)35/h1-11,16-17H,12-15H2,(H2,31,35). The first-order valence-electron chi connectivity index (χ1n) is 12.0. The molecule has 0 unspecified atom stereocenters. The third-order valence-electron chi connectivity index (χ3n) is 6.95. The summed E-state index contributed by atoms with van der Waals surface area (Å²) >= 11 is 1.68. The summed E-state index contributed by atoms with van der Waals surface area (Å²) in [6.07, 6.45) is 1.44. The van der Waals surface area contributed by atoms with E-state index in [1.807, 2.05) is 34.7 Å². The minimum atomic E-state index is -0.482. The topological polar surface area (TPSA) is 106 Å². The van der Waals surface area contributed by atoms with Crippen molar-refractivity contribution >= 4 is 34.2 Å². The molecule has 182 valence electrons. The number of aromatic nitrogens is 3. The van der Waals surface area contributed by atoms with Crippen LogP contribution in [0.2, 0.25) is 0 Å². The molecule has 6 rings (SSSR count). The first kappa shape index (κ1) is 23.2. The number of benzene rings is 3. The van der Waals surface area contributed by atoms with Gasteiger partial charge in [0.1, 0.15) is 0 Å². The molecule has 2 N–H and O–H groups in total. The van der Waals surface area contributed by atoms with E-state index in [0.29, 0.717) is 24.6 Å². The zero-order valence-electron chi connectivity index (χ0n) is 19.9. The number of pyridine rings is 1. The van der Waals surface area contributed by atoms with Gasteiger partial charge in [0.05, 0.1) is 17.0 Å². The number of ether oxygens (including phenoxy) is 1. The zero-order valence-corrected chi connectivity index (χ0v) is 20.7. The smallest absolute Gasteiger partial charge is 0.248 e. The second-order valence-electron chi connectivity index (χ2n) is 9.15. The van der Waals surface area contributed by atoms with Crippen molar-refractivity contribution in [1.29, 1.82) is 5.26 Å². The van der Waals surface area contributed by atoms with Crippen LogP contribution in [0.25, 0.3) is 27.9 Å². The number of primary amides is 1. The lowest BCUT2D eigenvalue weighted by Crippen LogP contribution is -2.32. The maximum atomic E-state index is 11.4. The fourth-order valence-corrected chi connectivity index (χ4v) is 5.81. The summed E-state index contributed by atoms with van der Waals surface area (Å²) < 4.78 is 7.52. The lowest BCUT2D eigenvalue weighted by Gasteiger charge is -2.31. The molecule has 1 aliphatic heterocycles. The van der Waals surface area contributed by atoms with Crippen molar-refractivity contribution in [3.8, 4) is 17.5 Å². The lowest BCUT2D eigenvalue weighted by molar-refractivity contribution is 0.0675. The van der Waals surface area contributed by atoms with Crippen LogP contribution in [0.3, 0.4) is 0 Å². The molecule has 0 saturated carbocycles. The molecule has 0 atom stereocenters. The maximum absolute atomic E-state index is 11.4. The van der Waals surface area contributed by atoms with Gasteiger partial charge >= 0.3 is 0 Å². The van der Waals surface area contributed by atoms with Crippen LogP contribution in [0.5, 0.6) is 0 Å². The second-order valence-corrected chi connectivity index (χ2v) is 10.3. The van der Waals surface area contributed by atoms with Gasteiger partial charge in [-0.05, 0) is 78.4 Å². The fourth-order valence-electron chi connectivity index (χ4n) is 4.89. The Morgan fingerprint density at radius 2 is 1.76 bits per heavy atom. The molecule has 0 spiro atoms. The molecule has 7 nitrogen and oxygen atoms in total. The Balaban J connectivity index is 1.34. The van der Waals surface area contributed by atoms with Gasteiger partial charge in [0.15, 0.2) is 11.5 Å². The highest BCUT2D eigenvalue weighted by Crippen LogP contribution is 2.38. The van der Waals surface area contributed by atoms with Gasteiger partial charge in [-0.15, -0.1) is 10.2 Å². The molecule has 37 heavy (non-hydrogen) atoms. The van der Waals surface area contributed by atoms with Crippen molar-refractivity contribution in [2.45, 2.75) is 28.0 Å². The summed E-state index contributed by atoms with van der Waals surface area (Å²) in [5.74, 6) is 0.234. The van der Waals surface area contributed by atoms with Crippen LogP contribution in [-0.4, -0.2) is 33.7 Å².